The Morgan fingerprint density at radius 1 is 1.44 bits per heavy atom. The predicted octanol–water partition coefficient (Wildman–Crippen LogP) is 1.34. The first-order valence-corrected chi connectivity index (χ1v) is 5.93. The summed E-state index contributed by atoms with van der Waals surface area (Å²) in [6.45, 7) is 0. The van der Waals surface area contributed by atoms with Gasteiger partial charge >= 0.3 is 5.97 Å². The molecule has 18 heavy (non-hydrogen) atoms. The van der Waals surface area contributed by atoms with Gasteiger partial charge in [-0.1, -0.05) is 0 Å². The van der Waals surface area contributed by atoms with Gasteiger partial charge in [0.15, 0.2) is 5.16 Å². The van der Waals surface area contributed by atoms with Crippen LogP contribution in [0.2, 0.25) is 0 Å². The zero-order valence-electron chi connectivity index (χ0n) is 9.95. The van der Waals surface area contributed by atoms with Crippen molar-refractivity contribution in [3.8, 4) is 0 Å². The minimum absolute atomic E-state index is 0.303. The lowest BCUT2D eigenvalue weighted by Gasteiger charge is -2.07. The molecule has 0 fully saturated rings. The fraction of sp³-hybridized carbons (Fsp3) is 0.182. The smallest absolute Gasteiger partial charge is 0.340 e. The van der Waals surface area contributed by atoms with Crippen LogP contribution in [-0.2, 0) is 11.8 Å². The van der Waals surface area contributed by atoms with E-state index in [1.54, 1.807) is 6.20 Å². The molecular weight excluding hydrogens is 252 g/mol. The first-order valence-electron chi connectivity index (χ1n) is 5.11. The number of rotatable bonds is 3. The lowest BCUT2D eigenvalue weighted by Crippen LogP contribution is -2.07. The third-order valence-electron chi connectivity index (χ3n) is 2.32. The van der Waals surface area contributed by atoms with Crippen molar-refractivity contribution in [1.82, 2.24) is 14.5 Å². The Morgan fingerprint density at radius 3 is 2.83 bits per heavy atom. The SMILES string of the molecule is COC(=O)c1ccnc(Sc2nccn2C)c1N. The molecule has 0 aliphatic heterocycles. The van der Waals surface area contributed by atoms with Gasteiger partial charge in [-0.15, -0.1) is 0 Å². The van der Waals surface area contributed by atoms with Crippen molar-refractivity contribution in [2.24, 2.45) is 7.05 Å². The average Bonchev–Trinajstić information content (AvgIpc) is 2.77. The van der Waals surface area contributed by atoms with E-state index in [2.05, 4.69) is 14.7 Å². The summed E-state index contributed by atoms with van der Waals surface area (Å²) >= 11 is 1.30. The van der Waals surface area contributed by atoms with Gasteiger partial charge in [0, 0.05) is 25.6 Å². The van der Waals surface area contributed by atoms with Crippen molar-refractivity contribution in [2.75, 3.05) is 12.8 Å². The highest BCUT2D eigenvalue weighted by atomic mass is 32.2. The van der Waals surface area contributed by atoms with E-state index in [0.717, 1.165) is 5.16 Å². The van der Waals surface area contributed by atoms with Gasteiger partial charge in [0.25, 0.3) is 0 Å². The number of esters is 1. The van der Waals surface area contributed by atoms with Crippen LogP contribution in [0.5, 0.6) is 0 Å². The molecule has 6 nitrogen and oxygen atoms in total. The molecule has 0 radical (unpaired) electrons. The number of imidazole rings is 1. The number of hydrogen-bond acceptors (Lipinski definition) is 6. The molecule has 2 aromatic heterocycles. The quantitative estimate of drug-likeness (QED) is 0.842. The summed E-state index contributed by atoms with van der Waals surface area (Å²) in [5, 5.41) is 1.28. The zero-order chi connectivity index (χ0) is 13.1. The van der Waals surface area contributed by atoms with Crippen LogP contribution in [-0.4, -0.2) is 27.6 Å². The molecule has 2 aromatic rings. The van der Waals surface area contributed by atoms with Crippen molar-refractivity contribution >= 4 is 23.4 Å². The number of nitrogens with zero attached hydrogens (tertiary/aromatic N) is 3. The molecular formula is C11H12N4O2S. The predicted molar refractivity (Wildman–Crippen MR) is 67.3 cm³/mol. The van der Waals surface area contributed by atoms with Crippen molar-refractivity contribution in [2.45, 2.75) is 10.2 Å². The Morgan fingerprint density at radius 2 is 2.22 bits per heavy atom. The maximum absolute atomic E-state index is 11.5. The van der Waals surface area contributed by atoms with Gasteiger partial charge in [-0.3, -0.25) is 0 Å². The number of methoxy groups -OCH3 is 1. The average molecular weight is 264 g/mol. The summed E-state index contributed by atoms with van der Waals surface area (Å²) in [5.41, 5.74) is 6.52. The number of carbonyl (C=O) groups excluding carboxylic acids is 1. The molecule has 2 heterocycles. The number of nitrogens with two attached hydrogens (primary N) is 1. The largest absolute Gasteiger partial charge is 0.465 e. The molecule has 7 heteroatoms. The van der Waals surface area contributed by atoms with Crippen molar-refractivity contribution in [3.05, 3.63) is 30.2 Å². The zero-order valence-corrected chi connectivity index (χ0v) is 10.8. The van der Waals surface area contributed by atoms with Crippen LogP contribution in [0.1, 0.15) is 10.4 Å². The summed E-state index contributed by atoms with van der Waals surface area (Å²) in [5.74, 6) is -0.475. The van der Waals surface area contributed by atoms with Crippen LogP contribution in [0.25, 0.3) is 0 Å². The van der Waals surface area contributed by atoms with Crippen molar-refractivity contribution < 1.29 is 9.53 Å². The second-order valence-electron chi connectivity index (χ2n) is 3.49. The van der Waals surface area contributed by atoms with E-state index in [1.165, 1.54) is 31.1 Å². The minimum Gasteiger partial charge on any atom is -0.465 e. The van der Waals surface area contributed by atoms with E-state index >= 15 is 0 Å². The number of anilines is 1. The molecule has 0 saturated heterocycles. The Labute approximate surface area is 108 Å². The van der Waals surface area contributed by atoms with Gasteiger partial charge in [-0.05, 0) is 17.8 Å². The van der Waals surface area contributed by atoms with E-state index in [0.29, 0.717) is 16.3 Å². The third kappa shape index (κ3) is 2.30. The fourth-order valence-electron chi connectivity index (χ4n) is 1.36. The van der Waals surface area contributed by atoms with E-state index in [-0.39, 0.29) is 0 Å². The Hall–Kier alpha value is -2.02. The molecule has 0 atom stereocenters. The standard InChI is InChI=1S/C11H12N4O2S/c1-15-6-5-14-11(15)18-9-8(12)7(3-4-13-9)10(16)17-2/h3-6H,12H2,1-2H3. The van der Waals surface area contributed by atoms with E-state index in [1.807, 2.05) is 17.8 Å². The molecule has 0 aliphatic carbocycles. The summed E-state index contributed by atoms with van der Waals surface area (Å²) in [6.07, 6.45) is 5.03. The van der Waals surface area contributed by atoms with Gasteiger partial charge in [0.05, 0.1) is 18.4 Å². The van der Waals surface area contributed by atoms with Crippen LogP contribution < -0.4 is 5.73 Å². The number of carbonyl (C=O) groups is 1. The molecule has 2 rings (SSSR count). The third-order valence-corrected chi connectivity index (χ3v) is 3.42. The van der Waals surface area contributed by atoms with Gasteiger partial charge in [0.1, 0.15) is 5.03 Å². The first kappa shape index (κ1) is 12.4. The van der Waals surface area contributed by atoms with Crippen LogP contribution in [0, 0.1) is 0 Å². The molecule has 0 aromatic carbocycles. The van der Waals surface area contributed by atoms with E-state index in [4.69, 9.17) is 5.73 Å². The number of pyridine rings is 1. The second kappa shape index (κ2) is 5.09. The number of nitrogen functional groups attached to an aromatic ring is 1. The van der Waals surface area contributed by atoms with Crippen molar-refractivity contribution in [1.29, 1.82) is 0 Å². The molecule has 2 N–H and O–H groups in total. The lowest BCUT2D eigenvalue weighted by molar-refractivity contribution is 0.0601. The molecule has 0 amide bonds. The minimum atomic E-state index is -0.475. The summed E-state index contributed by atoms with van der Waals surface area (Å²) in [4.78, 5) is 19.8. The molecule has 94 valence electrons. The Balaban J connectivity index is 2.35. The van der Waals surface area contributed by atoms with Gasteiger partial charge in [-0.25, -0.2) is 14.8 Å². The summed E-state index contributed by atoms with van der Waals surface area (Å²) in [6, 6.07) is 1.53. The highest BCUT2D eigenvalue weighted by molar-refractivity contribution is 7.99. The number of aromatic nitrogens is 3. The summed E-state index contributed by atoms with van der Waals surface area (Å²) in [7, 11) is 3.18. The van der Waals surface area contributed by atoms with Crippen LogP contribution >= 0.6 is 11.8 Å². The molecule has 0 spiro atoms. The monoisotopic (exact) mass is 264 g/mol. The fourth-order valence-corrected chi connectivity index (χ4v) is 2.18. The molecule has 0 aliphatic rings. The maximum Gasteiger partial charge on any atom is 0.340 e. The van der Waals surface area contributed by atoms with Crippen LogP contribution in [0.4, 0.5) is 5.69 Å². The van der Waals surface area contributed by atoms with Crippen molar-refractivity contribution in [3.63, 3.8) is 0 Å². The van der Waals surface area contributed by atoms with Gasteiger partial charge in [-0.2, -0.15) is 0 Å². The molecule has 0 saturated carbocycles. The molecule has 0 bridgehead atoms. The van der Waals surface area contributed by atoms with Crippen LogP contribution in [0.3, 0.4) is 0 Å². The number of ether oxygens (including phenoxy) is 1. The summed E-state index contributed by atoms with van der Waals surface area (Å²) < 4.78 is 6.50. The topological polar surface area (TPSA) is 83.0 Å². The molecule has 0 unspecified atom stereocenters. The second-order valence-corrected chi connectivity index (χ2v) is 4.45. The lowest BCUT2D eigenvalue weighted by atomic mass is 10.2. The normalized spacial score (nSPS) is 10.3. The first-order chi connectivity index (χ1) is 8.63. The maximum atomic E-state index is 11.5. The highest BCUT2D eigenvalue weighted by Gasteiger charge is 2.15. The van der Waals surface area contributed by atoms with E-state index in [9.17, 15) is 4.79 Å². The number of aryl methyl sites for hydroxylation is 1. The van der Waals surface area contributed by atoms with Gasteiger partial charge < -0.3 is 15.0 Å². The number of hydrogen-bond donors (Lipinski definition) is 1. The van der Waals surface area contributed by atoms with Crippen LogP contribution in [0.15, 0.2) is 34.8 Å². The van der Waals surface area contributed by atoms with Gasteiger partial charge in [0.2, 0.25) is 0 Å². The Bertz CT molecular complexity index is 582. The Kier molecular flexibility index (Phi) is 3.52. The van der Waals surface area contributed by atoms with E-state index < -0.39 is 5.97 Å². The highest BCUT2D eigenvalue weighted by Crippen LogP contribution is 2.30.